The zero-order valence-corrected chi connectivity index (χ0v) is 18.8. The van der Waals surface area contributed by atoms with Crippen LogP contribution in [0.5, 0.6) is 5.75 Å². The van der Waals surface area contributed by atoms with Crippen LogP contribution in [0.25, 0.3) is 0 Å². The van der Waals surface area contributed by atoms with Crippen molar-refractivity contribution >= 4 is 10.0 Å². The molecule has 1 saturated carbocycles. The Bertz CT molecular complexity index is 999. The van der Waals surface area contributed by atoms with Crippen LogP contribution < -0.4 is 9.46 Å². The van der Waals surface area contributed by atoms with Gasteiger partial charge in [0.15, 0.2) is 0 Å². The van der Waals surface area contributed by atoms with E-state index in [1.165, 1.54) is 24.0 Å². The second kappa shape index (κ2) is 8.93. The molecule has 1 saturated heterocycles. The van der Waals surface area contributed by atoms with E-state index in [1.54, 1.807) is 0 Å². The lowest BCUT2D eigenvalue weighted by Crippen LogP contribution is -2.45. The summed E-state index contributed by atoms with van der Waals surface area (Å²) in [5.74, 6) is 1.90. The Balaban J connectivity index is 1.39. The van der Waals surface area contributed by atoms with Gasteiger partial charge in [0.1, 0.15) is 12.4 Å². The summed E-state index contributed by atoms with van der Waals surface area (Å²) < 4.78 is 33.7. The number of fused-ring (bicyclic) bond motifs is 1. The zero-order valence-electron chi connectivity index (χ0n) is 18.0. The van der Waals surface area contributed by atoms with Crippen molar-refractivity contribution < 1.29 is 13.2 Å². The molecule has 5 rings (SSSR count). The summed E-state index contributed by atoms with van der Waals surface area (Å²) in [5, 5.41) is 0. The van der Waals surface area contributed by atoms with Gasteiger partial charge in [-0.1, -0.05) is 42.5 Å². The molecule has 0 bridgehead atoms. The van der Waals surface area contributed by atoms with E-state index in [0.717, 1.165) is 50.3 Å². The minimum atomic E-state index is -3.21. The SMILES string of the molecule is O=S(=O)(CC1CC1)NCc1ccc2c(c1)[C@@H](Cc1ccccc1)[C@@H](N1CCCC1)CO2. The molecule has 0 aromatic heterocycles. The number of hydrogen-bond donors (Lipinski definition) is 1. The van der Waals surface area contributed by atoms with Gasteiger partial charge in [0.2, 0.25) is 10.0 Å². The smallest absolute Gasteiger partial charge is 0.212 e. The van der Waals surface area contributed by atoms with Crippen LogP contribution in [0, 0.1) is 5.92 Å². The summed E-state index contributed by atoms with van der Waals surface area (Å²) in [4.78, 5) is 2.58. The Morgan fingerprint density at radius 2 is 1.77 bits per heavy atom. The van der Waals surface area contributed by atoms with E-state index >= 15 is 0 Å². The highest BCUT2D eigenvalue weighted by atomic mass is 32.2. The standard InChI is InChI=1S/C25H32N2O3S/c28-31(29,18-20-8-9-20)26-16-21-10-11-25-23(15-21)22(14-19-6-2-1-3-7-19)24(17-30-25)27-12-4-5-13-27/h1-3,6-7,10-11,15,20,22,24,26H,4-5,8-9,12-14,16-18H2/t22-,24+/m1/s1. The predicted octanol–water partition coefficient (Wildman–Crippen LogP) is 3.70. The van der Waals surface area contributed by atoms with Gasteiger partial charge in [-0.05, 0) is 73.9 Å². The van der Waals surface area contributed by atoms with Crippen molar-refractivity contribution in [2.45, 2.75) is 50.6 Å². The number of ether oxygens (including phenoxy) is 1. The molecule has 5 nitrogen and oxygen atoms in total. The van der Waals surface area contributed by atoms with E-state index in [9.17, 15) is 8.42 Å². The van der Waals surface area contributed by atoms with Gasteiger partial charge < -0.3 is 4.74 Å². The molecule has 31 heavy (non-hydrogen) atoms. The fourth-order valence-corrected chi connectivity index (χ4v) is 6.48. The topological polar surface area (TPSA) is 58.6 Å². The van der Waals surface area contributed by atoms with E-state index < -0.39 is 10.0 Å². The Morgan fingerprint density at radius 1 is 1.00 bits per heavy atom. The molecule has 2 heterocycles. The molecular weight excluding hydrogens is 408 g/mol. The highest BCUT2D eigenvalue weighted by Crippen LogP contribution is 2.39. The maximum absolute atomic E-state index is 12.3. The summed E-state index contributed by atoms with van der Waals surface area (Å²) in [7, 11) is -3.21. The van der Waals surface area contributed by atoms with Crippen LogP contribution in [0.1, 0.15) is 48.3 Å². The molecule has 2 atom stereocenters. The van der Waals surface area contributed by atoms with Crippen LogP contribution >= 0.6 is 0 Å². The van der Waals surface area contributed by atoms with Crippen molar-refractivity contribution in [2.24, 2.45) is 5.92 Å². The summed E-state index contributed by atoms with van der Waals surface area (Å²) in [6, 6.07) is 17.2. The number of rotatable bonds is 8. The van der Waals surface area contributed by atoms with E-state index in [4.69, 9.17) is 4.74 Å². The molecule has 0 spiro atoms. The van der Waals surface area contributed by atoms with E-state index in [2.05, 4.69) is 46.0 Å². The number of nitrogens with zero attached hydrogens (tertiary/aromatic N) is 1. The number of likely N-dealkylation sites (tertiary alicyclic amines) is 1. The molecule has 1 aliphatic carbocycles. The minimum Gasteiger partial charge on any atom is -0.492 e. The van der Waals surface area contributed by atoms with Gasteiger partial charge in [-0.3, -0.25) is 4.90 Å². The van der Waals surface area contributed by atoms with Gasteiger partial charge in [0.25, 0.3) is 0 Å². The predicted molar refractivity (Wildman–Crippen MR) is 123 cm³/mol. The number of benzene rings is 2. The molecular formula is C25H32N2O3S. The van der Waals surface area contributed by atoms with Gasteiger partial charge in [0.05, 0.1) is 11.8 Å². The fraction of sp³-hybridized carbons (Fsp3) is 0.520. The first-order chi connectivity index (χ1) is 15.1. The lowest BCUT2D eigenvalue weighted by atomic mass is 9.82. The molecule has 0 radical (unpaired) electrons. The van der Waals surface area contributed by atoms with Crippen LogP contribution in [0.4, 0.5) is 0 Å². The first-order valence-corrected chi connectivity index (χ1v) is 13.2. The van der Waals surface area contributed by atoms with E-state index in [-0.39, 0.29) is 5.75 Å². The molecule has 6 heteroatoms. The molecule has 0 unspecified atom stereocenters. The van der Waals surface area contributed by atoms with Crippen LogP contribution in [-0.2, 0) is 23.0 Å². The molecule has 2 aromatic rings. The molecule has 0 amide bonds. The molecule has 2 aliphatic heterocycles. The maximum atomic E-state index is 12.3. The summed E-state index contributed by atoms with van der Waals surface area (Å²) >= 11 is 0. The van der Waals surface area contributed by atoms with Crippen molar-refractivity contribution in [3.8, 4) is 5.75 Å². The highest BCUT2D eigenvalue weighted by molar-refractivity contribution is 7.89. The van der Waals surface area contributed by atoms with Crippen LogP contribution in [0.3, 0.4) is 0 Å². The Kier molecular flexibility index (Phi) is 6.04. The summed E-state index contributed by atoms with van der Waals surface area (Å²) in [6.07, 6.45) is 5.55. The third-order valence-electron chi connectivity index (χ3n) is 6.90. The lowest BCUT2D eigenvalue weighted by molar-refractivity contribution is 0.116. The second-order valence-corrected chi connectivity index (χ2v) is 11.2. The average Bonchev–Trinajstić information content (AvgIpc) is 3.40. The third-order valence-corrected chi connectivity index (χ3v) is 8.40. The van der Waals surface area contributed by atoms with Crippen molar-refractivity contribution in [3.05, 3.63) is 65.2 Å². The highest BCUT2D eigenvalue weighted by Gasteiger charge is 2.36. The normalized spacial score (nSPS) is 24.0. The molecule has 3 aliphatic rings. The van der Waals surface area contributed by atoms with Gasteiger partial charge in [0, 0.05) is 12.5 Å². The largest absolute Gasteiger partial charge is 0.492 e. The minimum absolute atomic E-state index is 0.259. The van der Waals surface area contributed by atoms with Crippen LogP contribution in [-0.4, -0.2) is 44.8 Å². The van der Waals surface area contributed by atoms with Gasteiger partial charge >= 0.3 is 0 Å². The van der Waals surface area contributed by atoms with E-state index in [0.29, 0.717) is 24.4 Å². The first kappa shape index (κ1) is 21.0. The second-order valence-electron chi connectivity index (χ2n) is 9.34. The summed E-state index contributed by atoms with van der Waals surface area (Å²) in [5.41, 5.74) is 3.55. The Labute approximate surface area is 185 Å². The van der Waals surface area contributed by atoms with Crippen molar-refractivity contribution in [3.63, 3.8) is 0 Å². The van der Waals surface area contributed by atoms with E-state index in [1.807, 2.05) is 12.1 Å². The summed E-state index contributed by atoms with van der Waals surface area (Å²) in [6.45, 7) is 3.33. The van der Waals surface area contributed by atoms with Crippen molar-refractivity contribution in [2.75, 3.05) is 25.4 Å². The number of sulfonamides is 1. The third kappa shape index (κ3) is 5.13. The average molecular weight is 441 g/mol. The fourth-order valence-electron chi connectivity index (χ4n) is 5.02. The number of nitrogens with one attached hydrogen (secondary N) is 1. The maximum Gasteiger partial charge on any atom is 0.212 e. The molecule has 2 aromatic carbocycles. The van der Waals surface area contributed by atoms with Crippen LogP contribution in [0.2, 0.25) is 0 Å². The molecule has 166 valence electrons. The number of hydrogen-bond acceptors (Lipinski definition) is 4. The Morgan fingerprint density at radius 3 is 2.52 bits per heavy atom. The molecule has 2 fully saturated rings. The lowest BCUT2D eigenvalue weighted by Gasteiger charge is -2.39. The zero-order chi connectivity index (χ0) is 21.3. The Hall–Kier alpha value is -1.89. The van der Waals surface area contributed by atoms with Crippen molar-refractivity contribution in [1.82, 2.24) is 9.62 Å². The monoisotopic (exact) mass is 440 g/mol. The first-order valence-electron chi connectivity index (χ1n) is 11.6. The molecule has 1 N–H and O–H groups in total. The van der Waals surface area contributed by atoms with Crippen LogP contribution in [0.15, 0.2) is 48.5 Å². The quantitative estimate of drug-likeness (QED) is 0.680. The van der Waals surface area contributed by atoms with Gasteiger partial charge in [-0.15, -0.1) is 0 Å². The van der Waals surface area contributed by atoms with Gasteiger partial charge in [-0.25, -0.2) is 13.1 Å². The van der Waals surface area contributed by atoms with Crippen molar-refractivity contribution in [1.29, 1.82) is 0 Å². The van der Waals surface area contributed by atoms with Gasteiger partial charge in [-0.2, -0.15) is 0 Å².